The van der Waals surface area contributed by atoms with Crippen LogP contribution in [0.5, 0.6) is 0 Å². The maximum Gasteiger partial charge on any atom is 0.195 e. The third-order valence-electron chi connectivity index (χ3n) is 2.43. The molecule has 0 saturated carbocycles. The second-order valence-corrected chi connectivity index (χ2v) is 6.29. The van der Waals surface area contributed by atoms with Crippen LogP contribution >= 0.6 is 0 Å². The molecule has 1 aromatic heterocycles. The fourth-order valence-corrected chi connectivity index (χ4v) is 2.51. The molecule has 0 saturated heterocycles. The lowest BCUT2D eigenvalue weighted by Crippen LogP contribution is -2.14. The zero-order valence-corrected chi connectivity index (χ0v) is 9.51. The van der Waals surface area contributed by atoms with Crippen LogP contribution in [-0.4, -0.2) is 18.7 Å². The van der Waals surface area contributed by atoms with Gasteiger partial charge in [-0.05, 0) is 26.0 Å². The average Bonchev–Trinajstić information content (AvgIpc) is 2.61. The van der Waals surface area contributed by atoms with Gasteiger partial charge in [-0.3, -0.25) is 0 Å². The summed E-state index contributed by atoms with van der Waals surface area (Å²) >= 11 is 0. The molecule has 2 aromatic rings. The average molecular weight is 223 g/mol. The third-order valence-corrected chi connectivity index (χ3v) is 4.51. The maximum atomic E-state index is 11.9. The van der Waals surface area contributed by atoms with Crippen molar-refractivity contribution in [3.63, 3.8) is 0 Å². The Balaban J connectivity index is 2.64. The molecule has 0 bridgehead atoms. The monoisotopic (exact) mass is 223 g/mol. The van der Waals surface area contributed by atoms with Crippen LogP contribution in [0.3, 0.4) is 0 Å². The first-order valence-corrected chi connectivity index (χ1v) is 6.38. The standard InChI is InChI=1S/C11H13NO2S/c1-8(2)15(13,14)11-7-9-5-3-4-6-10(9)12-11/h3-8,12H,1-2H3. The lowest BCUT2D eigenvalue weighted by Gasteiger charge is -2.03. The molecule has 15 heavy (non-hydrogen) atoms. The molecule has 1 aromatic carbocycles. The topological polar surface area (TPSA) is 49.9 Å². The van der Waals surface area contributed by atoms with E-state index in [4.69, 9.17) is 0 Å². The van der Waals surface area contributed by atoms with Gasteiger partial charge in [0.15, 0.2) is 9.84 Å². The normalized spacial score (nSPS) is 12.5. The Morgan fingerprint density at radius 1 is 1.20 bits per heavy atom. The van der Waals surface area contributed by atoms with Crippen molar-refractivity contribution in [2.24, 2.45) is 0 Å². The van der Waals surface area contributed by atoms with Crippen molar-refractivity contribution >= 4 is 20.7 Å². The minimum atomic E-state index is -3.19. The van der Waals surface area contributed by atoms with Crippen LogP contribution in [0.15, 0.2) is 35.4 Å². The Hall–Kier alpha value is -1.29. The largest absolute Gasteiger partial charge is 0.346 e. The summed E-state index contributed by atoms with van der Waals surface area (Å²) < 4.78 is 23.7. The van der Waals surface area contributed by atoms with E-state index in [1.165, 1.54) is 0 Å². The number of hydrogen-bond donors (Lipinski definition) is 1. The van der Waals surface area contributed by atoms with Crippen molar-refractivity contribution in [2.45, 2.75) is 24.1 Å². The van der Waals surface area contributed by atoms with Crippen molar-refractivity contribution in [1.82, 2.24) is 4.98 Å². The SMILES string of the molecule is CC(C)S(=O)(=O)c1cc2ccccc2[nH]1. The predicted molar refractivity (Wildman–Crippen MR) is 60.6 cm³/mol. The van der Waals surface area contributed by atoms with Gasteiger partial charge < -0.3 is 4.98 Å². The molecular formula is C11H13NO2S. The summed E-state index contributed by atoms with van der Waals surface area (Å²) in [7, 11) is -3.19. The molecule has 0 unspecified atom stereocenters. The third kappa shape index (κ3) is 1.65. The van der Waals surface area contributed by atoms with Gasteiger partial charge in [-0.2, -0.15) is 0 Å². The summed E-state index contributed by atoms with van der Waals surface area (Å²) in [5, 5.41) is 0.834. The molecule has 1 N–H and O–H groups in total. The van der Waals surface area contributed by atoms with E-state index >= 15 is 0 Å². The van der Waals surface area contributed by atoms with Gasteiger partial charge in [0.25, 0.3) is 0 Å². The number of aromatic nitrogens is 1. The van der Waals surface area contributed by atoms with Crippen LogP contribution in [0.4, 0.5) is 0 Å². The van der Waals surface area contributed by atoms with Crippen LogP contribution in [0.25, 0.3) is 10.9 Å². The Bertz CT molecular complexity index is 548. The van der Waals surface area contributed by atoms with Crippen molar-refractivity contribution in [3.8, 4) is 0 Å². The summed E-state index contributed by atoms with van der Waals surface area (Å²) in [5.41, 5.74) is 0.858. The van der Waals surface area contributed by atoms with Gasteiger partial charge in [0.05, 0.1) is 5.25 Å². The highest BCUT2D eigenvalue weighted by atomic mass is 32.2. The van der Waals surface area contributed by atoms with E-state index < -0.39 is 15.1 Å². The molecule has 0 aliphatic rings. The Morgan fingerprint density at radius 2 is 1.87 bits per heavy atom. The number of H-pyrrole nitrogens is 1. The highest BCUT2D eigenvalue weighted by molar-refractivity contribution is 7.92. The second kappa shape index (κ2) is 3.38. The Morgan fingerprint density at radius 3 is 2.47 bits per heavy atom. The molecule has 0 aliphatic heterocycles. The number of aromatic amines is 1. The number of nitrogens with one attached hydrogen (secondary N) is 1. The van der Waals surface area contributed by atoms with E-state index in [-0.39, 0.29) is 0 Å². The molecular weight excluding hydrogens is 210 g/mol. The Kier molecular flexibility index (Phi) is 2.31. The molecule has 3 nitrogen and oxygen atoms in total. The Labute approximate surface area is 89.0 Å². The van der Waals surface area contributed by atoms with Gasteiger partial charge >= 0.3 is 0 Å². The minimum Gasteiger partial charge on any atom is -0.346 e. The van der Waals surface area contributed by atoms with Crippen molar-refractivity contribution in [2.75, 3.05) is 0 Å². The number of fused-ring (bicyclic) bond motifs is 1. The summed E-state index contributed by atoms with van der Waals surface area (Å²) in [5.74, 6) is 0. The summed E-state index contributed by atoms with van der Waals surface area (Å²) in [6.45, 7) is 3.36. The summed E-state index contributed by atoms with van der Waals surface area (Å²) in [6.07, 6.45) is 0. The summed E-state index contributed by atoms with van der Waals surface area (Å²) in [4.78, 5) is 2.93. The smallest absolute Gasteiger partial charge is 0.195 e. The fourth-order valence-electron chi connectivity index (χ4n) is 1.45. The fraction of sp³-hybridized carbons (Fsp3) is 0.273. The molecule has 80 valence electrons. The predicted octanol–water partition coefficient (Wildman–Crippen LogP) is 2.35. The molecule has 0 spiro atoms. The number of rotatable bonds is 2. The minimum absolute atomic E-state index is 0.304. The van der Waals surface area contributed by atoms with Crippen LogP contribution in [-0.2, 0) is 9.84 Å². The molecule has 2 rings (SSSR count). The number of para-hydroxylation sites is 1. The van der Waals surface area contributed by atoms with Gasteiger partial charge in [0.2, 0.25) is 0 Å². The van der Waals surface area contributed by atoms with E-state index in [0.717, 1.165) is 10.9 Å². The molecule has 0 amide bonds. The van der Waals surface area contributed by atoms with E-state index in [2.05, 4.69) is 4.98 Å². The van der Waals surface area contributed by atoms with E-state index in [9.17, 15) is 8.42 Å². The van der Waals surface area contributed by atoms with Crippen LogP contribution in [0.2, 0.25) is 0 Å². The highest BCUT2D eigenvalue weighted by Crippen LogP contribution is 2.21. The zero-order chi connectivity index (χ0) is 11.1. The van der Waals surface area contributed by atoms with Crippen molar-refractivity contribution in [3.05, 3.63) is 30.3 Å². The van der Waals surface area contributed by atoms with Gasteiger partial charge in [0, 0.05) is 10.9 Å². The first-order chi connectivity index (χ1) is 7.01. The lowest BCUT2D eigenvalue weighted by molar-refractivity contribution is 0.584. The van der Waals surface area contributed by atoms with E-state index in [0.29, 0.717) is 5.03 Å². The van der Waals surface area contributed by atoms with Crippen molar-refractivity contribution < 1.29 is 8.42 Å². The van der Waals surface area contributed by atoms with Crippen molar-refractivity contribution in [1.29, 1.82) is 0 Å². The van der Waals surface area contributed by atoms with Gasteiger partial charge in [-0.1, -0.05) is 18.2 Å². The first-order valence-electron chi connectivity index (χ1n) is 4.83. The summed E-state index contributed by atoms with van der Waals surface area (Å²) in [6, 6.07) is 9.22. The van der Waals surface area contributed by atoms with E-state index in [1.807, 2.05) is 24.3 Å². The van der Waals surface area contributed by atoms with Crippen LogP contribution in [0.1, 0.15) is 13.8 Å². The van der Waals surface area contributed by atoms with Crippen LogP contribution in [0, 0.1) is 0 Å². The molecule has 0 aliphatic carbocycles. The number of hydrogen-bond acceptors (Lipinski definition) is 2. The molecule has 0 radical (unpaired) electrons. The van der Waals surface area contributed by atoms with Gasteiger partial charge in [-0.15, -0.1) is 0 Å². The zero-order valence-electron chi connectivity index (χ0n) is 8.69. The van der Waals surface area contributed by atoms with Crippen LogP contribution < -0.4 is 0 Å². The molecule has 1 heterocycles. The number of sulfone groups is 1. The molecule has 0 fully saturated rings. The van der Waals surface area contributed by atoms with Gasteiger partial charge in [0.1, 0.15) is 5.03 Å². The first kappa shape index (κ1) is 10.2. The molecule has 0 atom stereocenters. The maximum absolute atomic E-state index is 11.9. The van der Waals surface area contributed by atoms with Gasteiger partial charge in [-0.25, -0.2) is 8.42 Å². The van der Waals surface area contributed by atoms with E-state index in [1.54, 1.807) is 19.9 Å². The number of benzene rings is 1. The molecule has 4 heteroatoms. The highest BCUT2D eigenvalue weighted by Gasteiger charge is 2.20. The lowest BCUT2D eigenvalue weighted by atomic mass is 10.3. The quantitative estimate of drug-likeness (QED) is 0.849. The second-order valence-electron chi connectivity index (χ2n) is 3.81.